The molecule has 0 atom stereocenters. The summed E-state index contributed by atoms with van der Waals surface area (Å²) >= 11 is 0. The number of carbonyl (C=O) groups is 2. The zero-order valence-electron chi connectivity index (χ0n) is 17.9. The summed E-state index contributed by atoms with van der Waals surface area (Å²) in [7, 11) is 0. The smallest absolute Gasteiger partial charge is 0.256 e. The minimum absolute atomic E-state index is 0.0233. The summed E-state index contributed by atoms with van der Waals surface area (Å²) in [5.74, 6) is 0.371. The average molecular weight is 416 g/mol. The van der Waals surface area contributed by atoms with Crippen molar-refractivity contribution < 1.29 is 9.59 Å². The fourth-order valence-corrected chi connectivity index (χ4v) is 5.14. The first-order chi connectivity index (χ1) is 15.2. The fraction of sp³-hybridized carbons (Fsp3) is 0.423. The number of rotatable bonds is 2. The molecule has 1 aromatic heterocycles. The topological polar surface area (TPSA) is 53.5 Å². The predicted molar refractivity (Wildman–Crippen MR) is 123 cm³/mol. The highest BCUT2D eigenvalue weighted by Crippen LogP contribution is 2.29. The van der Waals surface area contributed by atoms with Crippen LogP contribution in [-0.4, -0.2) is 52.8 Å². The van der Waals surface area contributed by atoms with Gasteiger partial charge in [0, 0.05) is 43.7 Å². The lowest BCUT2D eigenvalue weighted by Crippen LogP contribution is -2.44. The first-order valence-corrected chi connectivity index (χ1v) is 11.6. The molecule has 31 heavy (non-hydrogen) atoms. The highest BCUT2D eigenvalue weighted by atomic mass is 16.2. The van der Waals surface area contributed by atoms with Gasteiger partial charge in [0.15, 0.2) is 0 Å². The minimum atomic E-state index is 0.0233. The van der Waals surface area contributed by atoms with Gasteiger partial charge >= 0.3 is 0 Å². The van der Waals surface area contributed by atoms with E-state index in [0.29, 0.717) is 24.6 Å². The molecule has 0 N–H and O–H groups in total. The second kappa shape index (κ2) is 8.66. The maximum Gasteiger partial charge on any atom is 0.256 e. The molecule has 5 rings (SSSR count). The molecule has 5 nitrogen and oxygen atoms in total. The van der Waals surface area contributed by atoms with Crippen molar-refractivity contribution in [3.05, 3.63) is 54.2 Å². The summed E-state index contributed by atoms with van der Waals surface area (Å²) in [5, 5.41) is 3.18. The zero-order chi connectivity index (χ0) is 21.2. The van der Waals surface area contributed by atoms with Gasteiger partial charge in [0.1, 0.15) is 0 Å². The van der Waals surface area contributed by atoms with Crippen LogP contribution in [0.4, 0.5) is 0 Å². The fourth-order valence-electron chi connectivity index (χ4n) is 5.14. The van der Waals surface area contributed by atoms with Crippen molar-refractivity contribution >= 4 is 33.5 Å². The van der Waals surface area contributed by atoms with Crippen LogP contribution in [0, 0.1) is 5.92 Å². The third-order valence-electron chi connectivity index (χ3n) is 6.89. The van der Waals surface area contributed by atoms with Gasteiger partial charge < -0.3 is 9.80 Å². The number of likely N-dealkylation sites (tertiary alicyclic amines) is 2. The van der Waals surface area contributed by atoms with Crippen LogP contribution < -0.4 is 0 Å². The van der Waals surface area contributed by atoms with Gasteiger partial charge in [-0.15, -0.1) is 0 Å². The average Bonchev–Trinajstić information content (AvgIpc) is 3.12. The van der Waals surface area contributed by atoms with Crippen molar-refractivity contribution in [2.24, 2.45) is 5.92 Å². The Morgan fingerprint density at radius 2 is 1.52 bits per heavy atom. The van der Waals surface area contributed by atoms with Gasteiger partial charge in [-0.2, -0.15) is 0 Å². The molecule has 3 aromatic rings. The molecule has 5 heteroatoms. The van der Waals surface area contributed by atoms with E-state index in [2.05, 4.69) is 16.0 Å². The maximum atomic E-state index is 13.5. The number of nitrogens with zero attached hydrogens (tertiary/aromatic N) is 3. The summed E-state index contributed by atoms with van der Waals surface area (Å²) < 4.78 is 0. The van der Waals surface area contributed by atoms with Crippen LogP contribution in [0.1, 0.15) is 48.9 Å². The van der Waals surface area contributed by atoms with E-state index in [-0.39, 0.29) is 11.8 Å². The summed E-state index contributed by atoms with van der Waals surface area (Å²) in [6.07, 6.45) is 7.94. The number of benzene rings is 2. The summed E-state index contributed by atoms with van der Waals surface area (Å²) in [4.78, 5) is 35.0. The van der Waals surface area contributed by atoms with Crippen LogP contribution >= 0.6 is 0 Å². The normalized spacial score (nSPS) is 18.3. The van der Waals surface area contributed by atoms with Crippen LogP contribution in [0.2, 0.25) is 0 Å². The van der Waals surface area contributed by atoms with E-state index in [4.69, 9.17) is 0 Å². The summed E-state index contributed by atoms with van der Waals surface area (Å²) in [6.45, 7) is 3.05. The van der Waals surface area contributed by atoms with Crippen LogP contribution in [0.3, 0.4) is 0 Å². The zero-order valence-corrected chi connectivity index (χ0v) is 17.9. The molecule has 0 spiro atoms. The highest BCUT2D eigenvalue weighted by Gasteiger charge is 2.31. The van der Waals surface area contributed by atoms with E-state index in [1.54, 1.807) is 6.20 Å². The molecule has 2 saturated heterocycles. The Morgan fingerprint density at radius 3 is 2.29 bits per heavy atom. The van der Waals surface area contributed by atoms with Gasteiger partial charge in [-0.25, -0.2) is 0 Å². The highest BCUT2D eigenvalue weighted by molar-refractivity contribution is 6.15. The molecule has 0 aliphatic carbocycles. The first kappa shape index (κ1) is 20.0. The van der Waals surface area contributed by atoms with Crippen LogP contribution in [0.15, 0.2) is 48.7 Å². The molecule has 2 fully saturated rings. The Hall–Kier alpha value is -2.95. The number of amides is 2. The number of aromatic nitrogens is 1. The predicted octanol–water partition coefficient (Wildman–Crippen LogP) is 4.64. The van der Waals surface area contributed by atoms with E-state index in [1.165, 1.54) is 12.8 Å². The monoisotopic (exact) mass is 415 g/mol. The van der Waals surface area contributed by atoms with E-state index in [1.807, 2.05) is 41.3 Å². The maximum absolute atomic E-state index is 13.5. The van der Waals surface area contributed by atoms with Gasteiger partial charge in [0.05, 0.1) is 11.1 Å². The van der Waals surface area contributed by atoms with Crippen molar-refractivity contribution in [3.8, 4) is 0 Å². The number of hydrogen-bond acceptors (Lipinski definition) is 3. The van der Waals surface area contributed by atoms with Crippen molar-refractivity contribution in [3.63, 3.8) is 0 Å². The van der Waals surface area contributed by atoms with Crippen LogP contribution in [0.25, 0.3) is 21.7 Å². The number of hydrogen-bond donors (Lipinski definition) is 0. The Morgan fingerprint density at radius 1 is 0.806 bits per heavy atom. The Balaban J connectivity index is 1.35. The van der Waals surface area contributed by atoms with E-state index < -0.39 is 0 Å². The lowest BCUT2D eigenvalue weighted by molar-refractivity contribution is -0.136. The quantitative estimate of drug-likeness (QED) is 0.573. The largest absolute Gasteiger partial charge is 0.342 e. The van der Waals surface area contributed by atoms with Crippen molar-refractivity contribution in [2.45, 2.75) is 38.5 Å². The van der Waals surface area contributed by atoms with Gasteiger partial charge in [-0.3, -0.25) is 14.6 Å². The molecule has 160 valence electrons. The molecule has 0 bridgehead atoms. The Bertz CT molecular complexity index is 1110. The van der Waals surface area contributed by atoms with Crippen molar-refractivity contribution in [1.29, 1.82) is 0 Å². The number of piperidine rings is 1. The molecular formula is C26H29N3O2. The second-order valence-electron chi connectivity index (χ2n) is 8.85. The second-order valence-corrected chi connectivity index (χ2v) is 8.85. The van der Waals surface area contributed by atoms with Gasteiger partial charge in [0.2, 0.25) is 5.91 Å². The molecule has 2 amide bonds. The standard InChI is InChI=1S/C26H29N3O2/c30-25(28-14-5-1-2-6-15-28)19-11-16-29(17-12-19)26(31)23-18-20-8-3-4-9-21(20)22-10-7-13-27-24(22)23/h3-4,7-10,13,18-19H,1-2,5-6,11-12,14-17H2. The van der Waals surface area contributed by atoms with Gasteiger partial charge in [0.25, 0.3) is 5.91 Å². The van der Waals surface area contributed by atoms with Crippen molar-refractivity contribution in [2.75, 3.05) is 26.2 Å². The van der Waals surface area contributed by atoms with Gasteiger partial charge in [-0.1, -0.05) is 43.2 Å². The molecule has 3 heterocycles. The summed E-state index contributed by atoms with van der Waals surface area (Å²) in [5.41, 5.74) is 1.42. The third-order valence-corrected chi connectivity index (χ3v) is 6.89. The lowest BCUT2D eigenvalue weighted by Gasteiger charge is -2.34. The number of pyridine rings is 1. The van der Waals surface area contributed by atoms with Crippen LogP contribution in [0.5, 0.6) is 0 Å². The van der Waals surface area contributed by atoms with Gasteiger partial charge in [-0.05, 0) is 48.6 Å². The Labute approximate surface area is 183 Å². The molecule has 0 unspecified atom stereocenters. The van der Waals surface area contributed by atoms with Crippen molar-refractivity contribution in [1.82, 2.24) is 14.8 Å². The number of fused-ring (bicyclic) bond motifs is 3. The number of carbonyl (C=O) groups excluding carboxylic acids is 2. The molecule has 0 saturated carbocycles. The molecular weight excluding hydrogens is 386 g/mol. The first-order valence-electron chi connectivity index (χ1n) is 11.6. The van der Waals surface area contributed by atoms with E-state index in [9.17, 15) is 9.59 Å². The minimum Gasteiger partial charge on any atom is -0.342 e. The molecule has 2 aliphatic heterocycles. The lowest BCUT2D eigenvalue weighted by atomic mass is 9.94. The van der Waals surface area contributed by atoms with Crippen LogP contribution in [-0.2, 0) is 4.79 Å². The molecule has 2 aromatic carbocycles. The van der Waals surface area contributed by atoms with E-state index in [0.717, 1.165) is 60.4 Å². The summed E-state index contributed by atoms with van der Waals surface area (Å²) in [6, 6.07) is 14.1. The third kappa shape index (κ3) is 3.89. The molecule has 0 radical (unpaired) electrons. The Kier molecular flexibility index (Phi) is 5.58. The molecule has 2 aliphatic rings. The van der Waals surface area contributed by atoms with E-state index >= 15 is 0 Å². The SMILES string of the molecule is O=C(c1cc2ccccc2c2cccnc12)N1CCC(C(=O)N2CCCCCC2)CC1.